The van der Waals surface area contributed by atoms with Crippen LogP contribution < -0.4 is 0 Å². The Kier molecular flexibility index (Phi) is 5.53. The molecule has 1 fully saturated rings. The third-order valence-electron chi connectivity index (χ3n) is 5.30. The van der Waals surface area contributed by atoms with E-state index in [1.807, 2.05) is 60.5 Å². The van der Waals surface area contributed by atoms with Crippen LogP contribution in [0.5, 0.6) is 0 Å². The summed E-state index contributed by atoms with van der Waals surface area (Å²) in [5.74, 6) is -0.266. The second kappa shape index (κ2) is 8.25. The Hall–Kier alpha value is -2.86. The normalized spacial score (nSPS) is 13.7. The lowest BCUT2D eigenvalue weighted by Crippen LogP contribution is -2.27. The van der Waals surface area contributed by atoms with Gasteiger partial charge in [0.05, 0.1) is 5.56 Å². The van der Waals surface area contributed by atoms with E-state index in [0.29, 0.717) is 11.1 Å². The van der Waals surface area contributed by atoms with E-state index in [4.69, 9.17) is 4.74 Å². The molecule has 0 aliphatic carbocycles. The molecule has 1 aromatic carbocycles. The van der Waals surface area contributed by atoms with Crippen LogP contribution in [0.25, 0.3) is 5.00 Å². The molecule has 1 aliphatic rings. The van der Waals surface area contributed by atoms with Gasteiger partial charge in [-0.25, -0.2) is 4.79 Å². The molecule has 0 N–H and O–H groups in total. The number of aromatic nitrogens is 1. The minimum atomic E-state index is -0.342. The summed E-state index contributed by atoms with van der Waals surface area (Å²) in [6.45, 7) is 5.89. The van der Waals surface area contributed by atoms with E-state index in [9.17, 15) is 9.59 Å². The molecule has 2 aromatic heterocycles. The van der Waals surface area contributed by atoms with E-state index in [-0.39, 0.29) is 18.5 Å². The fourth-order valence-electron chi connectivity index (χ4n) is 3.69. The van der Waals surface area contributed by atoms with Crippen LogP contribution in [0.3, 0.4) is 0 Å². The number of benzene rings is 1. The van der Waals surface area contributed by atoms with E-state index >= 15 is 0 Å². The summed E-state index contributed by atoms with van der Waals surface area (Å²) in [5.41, 5.74) is 4.27. The van der Waals surface area contributed by atoms with Gasteiger partial charge in [-0.3, -0.25) is 4.79 Å². The van der Waals surface area contributed by atoms with Crippen molar-refractivity contribution in [3.8, 4) is 5.00 Å². The molecular formula is C23H24N2O3S. The number of esters is 1. The number of nitrogens with zero attached hydrogens (tertiary/aromatic N) is 2. The average molecular weight is 409 g/mol. The van der Waals surface area contributed by atoms with Gasteiger partial charge < -0.3 is 14.2 Å². The third kappa shape index (κ3) is 3.98. The van der Waals surface area contributed by atoms with Crippen LogP contribution in [-0.2, 0) is 11.3 Å². The van der Waals surface area contributed by atoms with Gasteiger partial charge in [-0.2, -0.15) is 0 Å². The summed E-state index contributed by atoms with van der Waals surface area (Å²) < 4.78 is 7.62. The quantitative estimate of drug-likeness (QED) is 0.573. The molecule has 0 atom stereocenters. The van der Waals surface area contributed by atoms with Gasteiger partial charge >= 0.3 is 5.97 Å². The Morgan fingerprint density at radius 2 is 1.62 bits per heavy atom. The molecule has 150 valence electrons. The second-order valence-corrected chi connectivity index (χ2v) is 8.26. The molecule has 1 amide bonds. The molecule has 4 rings (SSSR count). The van der Waals surface area contributed by atoms with Crippen molar-refractivity contribution < 1.29 is 14.3 Å². The topological polar surface area (TPSA) is 51.5 Å². The molecule has 0 bridgehead atoms. The zero-order valence-electron chi connectivity index (χ0n) is 16.7. The van der Waals surface area contributed by atoms with Gasteiger partial charge in [0.25, 0.3) is 5.91 Å². The smallest absolute Gasteiger partial charge is 0.341 e. The predicted molar refractivity (Wildman–Crippen MR) is 114 cm³/mol. The lowest BCUT2D eigenvalue weighted by molar-refractivity contribution is 0.0473. The summed E-state index contributed by atoms with van der Waals surface area (Å²) >= 11 is 1.52. The van der Waals surface area contributed by atoms with Gasteiger partial charge in [0.15, 0.2) is 0 Å². The maximum Gasteiger partial charge on any atom is 0.341 e. The van der Waals surface area contributed by atoms with Gasteiger partial charge in [0.1, 0.15) is 11.6 Å². The van der Waals surface area contributed by atoms with Crippen molar-refractivity contribution in [2.24, 2.45) is 0 Å². The molecule has 0 unspecified atom stereocenters. The van der Waals surface area contributed by atoms with Crippen molar-refractivity contribution >= 4 is 23.2 Å². The molecule has 3 heterocycles. The van der Waals surface area contributed by atoms with Crippen molar-refractivity contribution in [3.63, 3.8) is 0 Å². The van der Waals surface area contributed by atoms with Crippen molar-refractivity contribution in [1.82, 2.24) is 9.47 Å². The number of thiophene rings is 1. The van der Waals surface area contributed by atoms with Crippen LogP contribution in [0, 0.1) is 13.8 Å². The van der Waals surface area contributed by atoms with Crippen LogP contribution in [-0.4, -0.2) is 34.4 Å². The summed E-state index contributed by atoms with van der Waals surface area (Å²) in [5, 5.41) is 2.78. The lowest BCUT2D eigenvalue weighted by Gasteiger charge is -2.15. The summed E-state index contributed by atoms with van der Waals surface area (Å²) in [6.07, 6.45) is 2.15. The largest absolute Gasteiger partial charge is 0.457 e. The monoisotopic (exact) mass is 408 g/mol. The fourth-order valence-corrected chi connectivity index (χ4v) is 4.70. The van der Waals surface area contributed by atoms with E-state index in [1.54, 1.807) is 6.07 Å². The zero-order chi connectivity index (χ0) is 20.4. The van der Waals surface area contributed by atoms with Gasteiger partial charge in [0.2, 0.25) is 0 Å². The first-order valence-corrected chi connectivity index (χ1v) is 10.7. The predicted octanol–water partition coefficient (Wildman–Crippen LogP) is 4.75. The number of carbonyl (C=O) groups excluding carboxylic acids is 2. The Morgan fingerprint density at radius 1 is 0.966 bits per heavy atom. The number of likely N-dealkylation sites (tertiary alicyclic amines) is 1. The maximum absolute atomic E-state index is 12.7. The Morgan fingerprint density at radius 3 is 2.28 bits per heavy atom. The number of hydrogen-bond donors (Lipinski definition) is 0. The molecule has 6 heteroatoms. The van der Waals surface area contributed by atoms with Crippen molar-refractivity contribution in [1.29, 1.82) is 0 Å². The fraction of sp³-hybridized carbons (Fsp3) is 0.304. The van der Waals surface area contributed by atoms with E-state index in [1.165, 1.54) is 11.3 Å². The zero-order valence-corrected chi connectivity index (χ0v) is 17.5. The van der Waals surface area contributed by atoms with Crippen LogP contribution in [0.4, 0.5) is 0 Å². The lowest BCUT2D eigenvalue weighted by atomic mass is 10.1. The van der Waals surface area contributed by atoms with Gasteiger partial charge in [-0.15, -0.1) is 11.3 Å². The van der Waals surface area contributed by atoms with Crippen LogP contribution in [0.1, 0.15) is 50.5 Å². The summed E-state index contributed by atoms with van der Waals surface area (Å²) in [6, 6.07) is 13.2. The molecule has 0 saturated carbocycles. The van der Waals surface area contributed by atoms with E-state index in [2.05, 4.69) is 4.57 Å². The highest BCUT2D eigenvalue weighted by Crippen LogP contribution is 2.26. The van der Waals surface area contributed by atoms with Crippen LogP contribution >= 0.6 is 11.3 Å². The van der Waals surface area contributed by atoms with Crippen molar-refractivity contribution in [2.45, 2.75) is 33.3 Å². The summed E-state index contributed by atoms with van der Waals surface area (Å²) in [4.78, 5) is 27.0. The number of rotatable bonds is 5. The minimum absolute atomic E-state index is 0.0754. The summed E-state index contributed by atoms with van der Waals surface area (Å²) in [7, 11) is 0. The number of aryl methyl sites for hydroxylation is 2. The third-order valence-corrected chi connectivity index (χ3v) is 6.20. The molecule has 29 heavy (non-hydrogen) atoms. The molecule has 0 radical (unpaired) electrons. The van der Waals surface area contributed by atoms with E-state index < -0.39 is 0 Å². The Balaban J connectivity index is 1.42. The molecule has 1 aliphatic heterocycles. The average Bonchev–Trinajstić information content (AvgIpc) is 3.48. The molecule has 0 spiro atoms. The van der Waals surface area contributed by atoms with Crippen LogP contribution in [0.15, 0.2) is 47.8 Å². The van der Waals surface area contributed by atoms with E-state index in [0.717, 1.165) is 47.9 Å². The number of carbonyl (C=O) groups is 2. The first-order valence-electron chi connectivity index (χ1n) is 9.83. The van der Waals surface area contributed by atoms with Gasteiger partial charge in [-0.05, 0) is 68.0 Å². The standard InChI is InChI=1S/C23H24N2O3S/c1-16-5-6-17(2)25(16)22-20(11-14-29-22)23(27)28-15-18-7-9-19(10-8-18)21(26)24-12-3-4-13-24/h5-11,14H,3-4,12-13,15H2,1-2H3. The maximum atomic E-state index is 12.7. The number of ether oxygens (including phenoxy) is 1. The molecule has 5 nitrogen and oxygen atoms in total. The second-order valence-electron chi connectivity index (χ2n) is 7.36. The van der Waals surface area contributed by atoms with Gasteiger partial charge in [0, 0.05) is 30.0 Å². The number of amides is 1. The van der Waals surface area contributed by atoms with Crippen molar-refractivity contribution in [2.75, 3.05) is 13.1 Å². The Bertz CT molecular complexity index is 1010. The number of hydrogen-bond acceptors (Lipinski definition) is 4. The SMILES string of the molecule is Cc1ccc(C)n1-c1sccc1C(=O)OCc1ccc(C(=O)N2CCCC2)cc1. The Labute approximate surface area is 174 Å². The first-order chi connectivity index (χ1) is 14.0. The first kappa shape index (κ1) is 19.5. The van der Waals surface area contributed by atoms with Crippen molar-refractivity contribution in [3.05, 3.63) is 75.9 Å². The molecule has 1 saturated heterocycles. The minimum Gasteiger partial charge on any atom is -0.457 e. The highest BCUT2D eigenvalue weighted by Gasteiger charge is 2.20. The van der Waals surface area contributed by atoms with Gasteiger partial charge in [-0.1, -0.05) is 12.1 Å². The molecular weight excluding hydrogens is 384 g/mol. The highest BCUT2D eigenvalue weighted by atomic mass is 32.1. The van der Waals surface area contributed by atoms with Crippen LogP contribution in [0.2, 0.25) is 0 Å². The highest BCUT2D eigenvalue weighted by molar-refractivity contribution is 7.13. The molecule has 3 aromatic rings.